The van der Waals surface area contributed by atoms with Crippen LogP contribution in [0.25, 0.3) is 15.9 Å². The first-order valence-corrected chi connectivity index (χ1v) is 11.9. The molecule has 11 heteroatoms. The lowest BCUT2D eigenvalue weighted by Crippen LogP contribution is -2.43. The molecule has 1 fully saturated rings. The average molecular weight is 522 g/mol. The number of aryl methyl sites for hydroxylation is 1. The summed E-state index contributed by atoms with van der Waals surface area (Å²) in [7, 11) is 1.60. The number of ether oxygens (including phenoxy) is 2. The van der Waals surface area contributed by atoms with Crippen molar-refractivity contribution >= 4 is 62.2 Å². The van der Waals surface area contributed by atoms with Gasteiger partial charge in [0.1, 0.15) is 22.6 Å². The molecule has 1 aliphatic rings. The molecule has 4 heterocycles. The molecule has 0 bridgehead atoms. The number of morpholine rings is 1. The minimum Gasteiger partial charge on any atom is -0.494 e. The third-order valence-electron chi connectivity index (χ3n) is 5.79. The highest BCUT2D eigenvalue weighted by atomic mass is 35.5. The fourth-order valence-electron chi connectivity index (χ4n) is 4.07. The summed E-state index contributed by atoms with van der Waals surface area (Å²) in [4.78, 5) is 27.4. The van der Waals surface area contributed by atoms with Crippen LogP contribution in [0.1, 0.15) is 16.2 Å². The second-order valence-corrected chi connectivity index (χ2v) is 9.19. The van der Waals surface area contributed by atoms with E-state index in [1.807, 2.05) is 35.7 Å². The maximum absolute atomic E-state index is 14.0. The van der Waals surface area contributed by atoms with Gasteiger partial charge in [-0.15, -0.1) is 12.4 Å². The number of carbonyl (C=O) groups excluding carboxylic acids is 1. The van der Waals surface area contributed by atoms with Crippen LogP contribution >= 0.6 is 35.3 Å². The molecular weight excluding hydrogens is 497 g/mol. The number of benzene rings is 1. The Morgan fingerprint density at radius 1 is 1.24 bits per heavy atom. The molecule has 0 saturated carbocycles. The van der Waals surface area contributed by atoms with Crippen molar-refractivity contribution in [1.82, 2.24) is 19.3 Å². The molecule has 0 N–H and O–H groups in total. The SMILES string of the molecule is COc1ccc(Cl)c2sc(N(CCN3CCOCC3)C(=O)c3c(C)nc4ccccn34)nc12.Cl. The third-order valence-corrected chi connectivity index (χ3v) is 7.33. The molecule has 0 unspecified atom stereocenters. The number of pyridine rings is 1. The molecule has 8 nitrogen and oxygen atoms in total. The predicted molar refractivity (Wildman–Crippen MR) is 137 cm³/mol. The van der Waals surface area contributed by atoms with Crippen LogP contribution in [0.2, 0.25) is 5.02 Å². The van der Waals surface area contributed by atoms with Crippen molar-refractivity contribution in [1.29, 1.82) is 0 Å². The molecule has 1 aliphatic heterocycles. The number of imidazole rings is 1. The second kappa shape index (κ2) is 10.5. The van der Waals surface area contributed by atoms with E-state index in [9.17, 15) is 4.79 Å². The largest absolute Gasteiger partial charge is 0.494 e. The zero-order valence-corrected chi connectivity index (χ0v) is 21.3. The van der Waals surface area contributed by atoms with Crippen molar-refractivity contribution in [3.05, 3.63) is 52.9 Å². The van der Waals surface area contributed by atoms with Gasteiger partial charge in [-0.25, -0.2) is 9.97 Å². The van der Waals surface area contributed by atoms with E-state index in [0.29, 0.717) is 59.1 Å². The molecule has 5 rings (SSSR count). The highest BCUT2D eigenvalue weighted by Crippen LogP contribution is 2.39. The van der Waals surface area contributed by atoms with E-state index >= 15 is 0 Å². The molecule has 34 heavy (non-hydrogen) atoms. The Bertz CT molecular complexity index is 1320. The molecule has 0 spiro atoms. The van der Waals surface area contributed by atoms with Crippen LogP contribution in [-0.2, 0) is 4.74 Å². The molecule has 3 aromatic heterocycles. The minimum atomic E-state index is -0.145. The molecule has 0 aliphatic carbocycles. The van der Waals surface area contributed by atoms with Gasteiger partial charge in [-0.3, -0.25) is 19.0 Å². The second-order valence-electron chi connectivity index (χ2n) is 7.81. The Hall–Kier alpha value is -2.43. The number of nitrogens with zero attached hydrogens (tertiary/aromatic N) is 5. The first kappa shape index (κ1) is 24.7. The lowest BCUT2D eigenvalue weighted by molar-refractivity contribution is 0.0391. The van der Waals surface area contributed by atoms with Crippen molar-refractivity contribution in [3.8, 4) is 5.75 Å². The summed E-state index contributed by atoms with van der Waals surface area (Å²) in [5.41, 5.74) is 2.61. The van der Waals surface area contributed by atoms with Crippen molar-refractivity contribution in [2.24, 2.45) is 0 Å². The van der Waals surface area contributed by atoms with Gasteiger partial charge in [0, 0.05) is 32.4 Å². The summed E-state index contributed by atoms with van der Waals surface area (Å²) < 4.78 is 13.6. The van der Waals surface area contributed by atoms with E-state index in [-0.39, 0.29) is 18.3 Å². The quantitative estimate of drug-likeness (QED) is 0.376. The molecule has 4 aromatic rings. The topological polar surface area (TPSA) is 72.2 Å². The molecular formula is C23H25Cl2N5O3S. The summed E-state index contributed by atoms with van der Waals surface area (Å²) in [6.45, 7) is 6.15. The van der Waals surface area contributed by atoms with E-state index in [2.05, 4.69) is 9.88 Å². The van der Waals surface area contributed by atoms with Gasteiger partial charge in [-0.05, 0) is 31.2 Å². The van der Waals surface area contributed by atoms with E-state index in [1.165, 1.54) is 11.3 Å². The molecule has 1 aromatic carbocycles. The van der Waals surface area contributed by atoms with Gasteiger partial charge in [-0.1, -0.05) is 29.0 Å². The summed E-state index contributed by atoms with van der Waals surface area (Å²) >= 11 is 7.85. The van der Waals surface area contributed by atoms with Gasteiger partial charge < -0.3 is 9.47 Å². The number of anilines is 1. The third kappa shape index (κ3) is 4.58. The summed E-state index contributed by atoms with van der Waals surface area (Å²) in [5, 5.41) is 1.17. The zero-order chi connectivity index (χ0) is 22.9. The number of fused-ring (bicyclic) bond motifs is 2. The van der Waals surface area contributed by atoms with Crippen molar-refractivity contribution in [3.63, 3.8) is 0 Å². The Labute approximate surface area is 212 Å². The van der Waals surface area contributed by atoms with Crippen molar-refractivity contribution < 1.29 is 14.3 Å². The van der Waals surface area contributed by atoms with E-state index in [4.69, 9.17) is 26.1 Å². The van der Waals surface area contributed by atoms with Gasteiger partial charge >= 0.3 is 0 Å². The van der Waals surface area contributed by atoms with Crippen LogP contribution in [0.5, 0.6) is 5.75 Å². The molecule has 1 saturated heterocycles. The minimum absolute atomic E-state index is 0. The predicted octanol–water partition coefficient (Wildman–Crippen LogP) is 4.32. The smallest absolute Gasteiger partial charge is 0.279 e. The molecule has 0 radical (unpaired) electrons. The maximum Gasteiger partial charge on any atom is 0.279 e. The van der Waals surface area contributed by atoms with Crippen molar-refractivity contribution in [2.75, 3.05) is 51.4 Å². The molecule has 180 valence electrons. The number of hydrogen-bond donors (Lipinski definition) is 0. The van der Waals surface area contributed by atoms with Gasteiger partial charge in [0.15, 0.2) is 5.13 Å². The number of hydrogen-bond acceptors (Lipinski definition) is 7. The lowest BCUT2D eigenvalue weighted by atomic mass is 10.3. The summed E-state index contributed by atoms with van der Waals surface area (Å²) in [5.74, 6) is 0.483. The normalized spacial score (nSPS) is 14.3. The average Bonchev–Trinajstić information content (AvgIpc) is 3.41. The Morgan fingerprint density at radius 2 is 2.03 bits per heavy atom. The number of methoxy groups -OCH3 is 1. The van der Waals surface area contributed by atoms with Gasteiger partial charge in [0.05, 0.1) is 35.7 Å². The Morgan fingerprint density at radius 3 is 2.79 bits per heavy atom. The van der Waals surface area contributed by atoms with Crippen LogP contribution in [-0.4, -0.2) is 71.7 Å². The van der Waals surface area contributed by atoms with Crippen LogP contribution < -0.4 is 9.64 Å². The number of aromatic nitrogens is 3. The fourth-order valence-corrected chi connectivity index (χ4v) is 5.35. The molecule has 1 amide bonds. The zero-order valence-electron chi connectivity index (χ0n) is 18.9. The summed E-state index contributed by atoms with van der Waals surface area (Å²) in [6, 6.07) is 9.28. The number of halogens is 2. The number of rotatable bonds is 6. The van der Waals surface area contributed by atoms with E-state index in [1.54, 1.807) is 24.1 Å². The van der Waals surface area contributed by atoms with Gasteiger partial charge in [0.2, 0.25) is 0 Å². The summed E-state index contributed by atoms with van der Waals surface area (Å²) in [6.07, 6.45) is 1.86. The van der Waals surface area contributed by atoms with E-state index < -0.39 is 0 Å². The first-order chi connectivity index (χ1) is 16.1. The van der Waals surface area contributed by atoms with Crippen LogP contribution in [0.15, 0.2) is 36.5 Å². The first-order valence-electron chi connectivity index (χ1n) is 10.8. The maximum atomic E-state index is 14.0. The van der Waals surface area contributed by atoms with Crippen LogP contribution in [0.3, 0.4) is 0 Å². The monoisotopic (exact) mass is 521 g/mol. The lowest BCUT2D eigenvalue weighted by Gasteiger charge is -2.29. The Balaban J connectivity index is 0.00000274. The number of thiazole rings is 1. The van der Waals surface area contributed by atoms with Crippen molar-refractivity contribution in [2.45, 2.75) is 6.92 Å². The molecule has 0 atom stereocenters. The highest BCUT2D eigenvalue weighted by Gasteiger charge is 2.28. The fraction of sp³-hybridized carbons (Fsp3) is 0.348. The highest BCUT2D eigenvalue weighted by molar-refractivity contribution is 7.23. The number of amides is 1. The van der Waals surface area contributed by atoms with E-state index in [0.717, 1.165) is 23.4 Å². The number of carbonyl (C=O) groups is 1. The Kier molecular flexibility index (Phi) is 7.59. The van der Waals surface area contributed by atoms with Crippen LogP contribution in [0, 0.1) is 6.92 Å². The standard InChI is InChI=1S/C23H24ClN5O3S.ClH/c1-15-20(28-8-4-3-5-18(28)25-15)22(30)29(10-9-27-11-13-32-14-12-27)23-26-19-17(31-2)7-6-16(24)21(19)33-23;/h3-8H,9-14H2,1-2H3;1H. The van der Waals surface area contributed by atoms with Crippen LogP contribution in [0.4, 0.5) is 5.13 Å². The van der Waals surface area contributed by atoms with Gasteiger partial charge in [-0.2, -0.15) is 0 Å². The van der Waals surface area contributed by atoms with Gasteiger partial charge in [0.25, 0.3) is 5.91 Å².